The summed E-state index contributed by atoms with van der Waals surface area (Å²) in [4.78, 5) is 28.4. The Kier molecular flexibility index (Phi) is 7.53. The molecule has 1 N–H and O–H groups in total. The number of aliphatic imine (C=N–C) groups is 1. The lowest BCUT2D eigenvalue weighted by molar-refractivity contribution is -0.274. The number of hydrogen-bond acceptors (Lipinski definition) is 8. The monoisotopic (exact) mass is 516 g/mol. The number of Topliss-reactive ketones (excluding diaryl/α,β-unsaturated/α-hetero) is 1. The number of halogens is 4. The average Bonchev–Trinajstić information content (AvgIpc) is 3.31. The van der Waals surface area contributed by atoms with Crippen molar-refractivity contribution in [1.29, 1.82) is 5.26 Å². The van der Waals surface area contributed by atoms with Gasteiger partial charge in [-0.15, -0.1) is 11.3 Å². The largest absolute Gasteiger partial charge is 0.468 e. The van der Waals surface area contributed by atoms with Gasteiger partial charge in [-0.25, -0.2) is 4.99 Å². The van der Waals surface area contributed by atoms with E-state index in [1.165, 1.54) is 35.7 Å². The zero-order valence-electron chi connectivity index (χ0n) is 16.9. The number of ketones is 1. The zero-order chi connectivity index (χ0) is 24.4. The van der Waals surface area contributed by atoms with Gasteiger partial charge >= 0.3 is 12.1 Å². The van der Waals surface area contributed by atoms with Gasteiger partial charge in [-0.2, -0.15) is 18.4 Å². The lowest BCUT2D eigenvalue weighted by atomic mass is 9.68. The van der Waals surface area contributed by atoms with Gasteiger partial charge in [-0.3, -0.25) is 9.59 Å². The predicted molar refractivity (Wildman–Crippen MR) is 118 cm³/mol. The number of nitriles is 1. The number of carbonyl (C=O) groups is 2. The van der Waals surface area contributed by atoms with Crippen molar-refractivity contribution in [2.24, 2.45) is 16.8 Å². The van der Waals surface area contributed by atoms with E-state index in [2.05, 4.69) is 9.73 Å². The number of ether oxygens (including phenoxy) is 1. The highest BCUT2D eigenvalue weighted by molar-refractivity contribution is 8.14. The van der Waals surface area contributed by atoms with Gasteiger partial charge in [0.25, 0.3) is 5.72 Å². The molecule has 1 aromatic carbocycles. The number of nitrogens with zero attached hydrogens (tertiary/aromatic N) is 2. The van der Waals surface area contributed by atoms with Gasteiger partial charge in [0, 0.05) is 10.9 Å². The van der Waals surface area contributed by atoms with Crippen LogP contribution in [0, 0.1) is 23.2 Å². The van der Waals surface area contributed by atoms with Gasteiger partial charge in [-0.1, -0.05) is 47.6 Å². The first-order valence-electron chi connectivity index (χ1n) is 9.35. The minimum atomic E-state index is -5.37. The molecular weight excluding hydrogens is 501 g/mol. The Morgan fingerprint density at radius 3 is 2.58 bits per heavy atom. The van der Waals surface area contributed by atoms with Crippen molar-refractivity contribution in [2.75, 3.05) is 12.9 Å². The summed E-state index contributed by atoms with van der Waals surface area (Å²) in [5.41, 5.74) is -3.78. The lowest BCUT2D eigenvalue weighted by Gasteiger charge is -2.44. The molecule has 3 rings (SSSR count). The Labute approximate surface area is 200 Å². The first-order valence-corrected chi connectivity index (χ1v) is 11.6. The molecule has 174 valence electrons. The summed E-state index contributed by atoms with van der Waals surface area (Å²) >= 11 is 7.72. The molecular formula is C21H16ClF3N2O4S2. The second-order valence-electron chi connectivity index (χ2n) is 7.01. The van der Waals surface area contributed by atoms with Crippen LogP contribution >= 0.6 is 34.7 Å². The summed E-state index contributed by atoms with van der Waals surface area (Å²) in [5, 5.41) is 22.0. The van der Waals surface area contributed by atoms with Gasteiger partial charge in [0.1, 0.15) is 5.92 Å². The van der Waals surface area contributed by atoms with E-state index in [0.717, 1.165) is 18.4 Å². The van der Waals surface area contributed by atoms with Crippen molar-refractivity contribution in [1.82, 2.24) is 0 Å². The molecule has 0 spiro atoms. The molecule has 0 saturated carbocycles. The number of benzene rings is 1. The van der Waals surface area contributed by atoms with Crippen LogP contribution in [0.15, 0.2) is 46.8 Å². The Morgan fingerprint density at radius 1 is 1.33 bits per heavy atom. The van der Waals surface area contributed by atoms with E-state index in [0.29, 0.717) is 11.8 Å². The van der Waals surface area contributed by atoms with E-state index in [-0.39, 0.29) is 15.5 Å². The number of carbonyl (C=O) groups excluding carboxylic acids is 2. The van der Waals surface area contributed by atoms with Crippen LogP contribution in [0.5, 0.6) is 0 Å². The van der Waals surface area contributed by atoms with E-state index in [1.807, 2.05) is 6.07 Å². The van der Waals surface area contributed by atoms with Crippen LogP contribution in [0.1, 0.15) is 21.2 Å². The summed E-state index contributed by atoms with van der Waals surface area (Å²) in [6.07, 6.45) is -5.37. The van der Waals surface area contributed by atoms with Gasteiger partial charge in [0.05, 0.1) is 34.8 Å². The predicted octanol–water partition coefficient (Wildman–Crippen LogP) is 4.69. The van der Waals surface area contributed by atoms with Crippen molar-refractivity contribution in [3.05, 3.63) is 57.2 Å². The van der Waals surface area contributed by atoms with Gasteiger partial charge in [-0.05, 0) is 23.1 Å². The Bertz CT molecular complexity index is 1120. The lowest BCUT2D eigenvalue weighted by Crippen LogP contribution is -2.59. The minimum absolute atomic E-state index is 0.0236. The third-order valence-electron chi connectivity index (χ3n) is 5.13. The molecule has 33 heavy (non-hydrogen) atoms. The number of methoxy groups -OCH3 is 1. The van der Waals surface area contributed by atoms with Crippen molar-refractivity contribution in [2.45, 2.75) is 17.8 Å². The highest BCUT2D eigenvalue weighted by Gasteiger charge is 2.67. The number of aliphatic hydroxyl groups is 1. The maximum Gasteiger partial charge on any atom is 0.439 e. The number of thiophene rings is 1. The number of thioether (sulfide) groups is 1. The van der Waals surface area contributed by atoms with E-state index >= 15 is 0 Å². The summed E-state index contributed by atoms with van der Waals surface area (Å²) in [5.74, 6) is -7.31. The molecule has 2 aromatic rings. The number of rotatable bonds is 5. The first-order chi connectivity index (χ1) is 15.5. The van der Waals surface area contributed by atoms with Crippen molar-refractivity contribution < 1.29 is 32.6 Å². The SMILES string of the molecule is COC(=O)CSC1=N[C@@](O)(C(F)(F)F)[C@H](C(=O)c2cccs2)[C@@H](c2ccccc2Cl)C1C#N. The Balaban J connectivity index is 2.28. The van der Waals surface area contributed by atoms with E-state index < -0.39 is 52.2 Å². The topological polar surface area (TPSA) is 99.8 Å². The third kappa shape index (κ3) is 4.80. The highest BCUT2D eigenvalue weighted by atomic mass is 35.5. The smallest absolute Gasteiger partial charge is 0.439 e. The summed E-state index contributed by atoms with van der Waals surface area (Å²) in [7, 11) is 1.10. The van der Waals surface area contributed by atoms with Crippen molar-refractivity contribution in [3.8, 4) is 6.07 Å². The fraction of sp³-hybridized carbons (Fsp3) is 0.333. The molecule has 1 aliphatic heterocycles. The fourth-order valence-corrected chi connectivity index (χ4v) is 5.55. The second-order valence-corrected chi connectivity index (χ2v) is 9.36. The molecule has 0 radical (unpaired) electrons. The molecule has 4 atom stereocenters. The molecule has 0 bridgehead atoms. The van der Waals surface area contributed by atoms with Crippen LogP contribution in [0.2, 0.25) is 5.02 Å². The van der Waals surface area contributed by atoms with E-state index in [9.17, 15) is 33.1 Å². The molecule has 1 unspecified atom stereocenters. The van der Waals surface area contributed by atoms with E-state index in [1.54, 1.807) is 6.07 Å². The van der Waals surface area contributed by atoms with Crippen LogP contribution in [0.25, 0.3) is 0 Å². The summed E-state index contributed by atoms with van der Waals surface area (Å²) in [6, 6.07) is 10.6. The summed E-state index contributed by atoms with van der Waals surface area (Å²) < 4.78 is 47.5. The number of hydrogen-bond donors (Lipinski definition) is 1. The first kappa shape index (κ1) is 25.2. The molecule has 12 heteroatoms. The zero-order valence-corrected chi connectivity index (χ0v) is 19.3. The molecule has 0 aliphatic carbocycles. The fourth-order valence-electron chi connectivity index (χ4n) is 3.62. The Morgan fingerprint density at radius 2 is 2.03 bits per heavy atom. The molecule has 2 heterocycles. The Hall–Kier alpha value is -2.39. The maximum absolute atomic E-state index is 14.3. The molecule has 1 aliphatic rings. The summed E-state index contributed by atoms with van der Waals surface area (Å²) in [6.45, 7) is 0. The molecule has 1 aromatic heterocycles. The molecule has 0 amide bonds. The normalized spacial score (nSPS) is 25.1. The van der Waals surface area contributed by atoms with Gasteiger partial charge in [0.2, 0.25) is 0 Å². The molecule has 6 nitrogen and oxygen atoms in total. The van der Waals surface area contributed by atoms with E-state index in [4.69, 9.17) is 11.6 Å². The van der Waals surface area contributed by atoms with Gasteiger partial charge < -0.3 is 9.84 Å². The maximum atomic E-state index is 14.3. The van der Waals surface area contributed by atoms with Crippen LogP contribution in [-0.2, 0) is 9.53 Å². The number of alkyl halides is 3. The molecule has 0 saturated heterocycles. The number of esters is 1. The standard InChI is InChI=1S/C21H16ClF3N2O4S2/c1-31-15(28)10-33-19-12(9-26)16(11-5-2-3-6-13(11)22)17(18(29)14-7-4-8-32-14)20(30,27-19)21(23,24)25/h2-8,12,16-17,30H,10H2,1H3/t12?,16-,17-,20-/m0/s1. The average molecular weight is 517 g/mol. The second kappa shape index (κ2) is 9.85. The third-order valence-corrected chi connectivity index (χ3v) is 7.38. The van der Waals surface area contributed by atoms with Crippen LogP contribution in [-0.4, -0.2) is 46.7 Å². The van der Waals surface area contributed by atoms with Gasteiger partial charge in [0.15, 0.2) is 5.78 Å². The van der Waals surface area contributed by atoms with Crippen molar-refractivity contribution >= 4 is 51.5 Å². The quantitative estimate of drug-likeness (QED) is 0.457. The minimum Gasteiger partial charge on any atom is -0.468 e. The highest BCUT2D eigenvalue weighted by Crippen LogP contribution is 2.53. The molecule has 0 fully saturated rings. The van der Waals surface area contributed by atoms with Crippen LogP contribution in [0.3, 0.4) is 0 Å². The van der Waals surface area contributed by atoms with Crippen LogP contribution in [0.4, 0.5) is 13.2 Å². The van der Waals surface area contributed by atoms with Crippen LogP contribution < -0.4 is 0 Å². The van der Waals surface area contributed by atoms with Crippen molar-refractivity contribution in [3.63, 3.8) is 0 Å².